The predicted octanol–water partition coefficient (Wildman–Crippen LogP) is 5.59. The van der Waals surface area contributed by atoms with Crippen molar-refractivity contribution in [3.05, 3.63) is 88.0 Å². The van der Waals surface area contributed by atoms with E-state index in [9.17, 15) is 18.0 Å². The van der Waals surface area contributed by atoms with Gasteiger partial charge in [0.15, 0.2) is 5.78 Å². The molecule has 4 rings (SSSR count). The van der Waals surface area contributed by atoms with Crippen LogP contribution in [0.3, 0.4) is 0 Å². The molecule has 0 amide bonds. The zero-order chi connectivity index (χ0) is 19.7. The van der Waals surface area contributed by atoms with Gasteiger partial charge in [-0.2, -0.15) is 13.2 Å². The average molecular weight is 400 g/mol. The lowest BCUT2D eigenvalue weighted by atomic mass is 10.1. The molecule has 0 aliphatic rings. The summed E-state index contributed by atoms with van der Waals surface area (Å²) in [5.74, 6) is -0.103. The monoisotopic (exact) mass is 400 g/mol. The van der Waals surface area contributed by atoms with Crippen molar-refractivity contribution in [3.8, 4) is 0 Å². The first-order chi connectivity index (χ1) is 13.4. The summed E-state index contributed by atoms with van der Waals surface area (Å²) >= 11 is 1.40. The van der Waals surface area contributed by atoms with Crippen molar-refractivity contribution < 1.29 is 18.0 Å². The lowest BCUT2D eigenvalue weighted by Crippen LogP contribution is -2.11. The molecule has 0 spiro atoms. The first kappa shape index (κ1) is 18.4. The summed E-state index contributed by atoms with van der Waals surface area (Å²) < 4.78 is 41.7. The maximum atomic E-state index is 13.3. The van der Waals surface area contributed by atoms with Gasteiger partial charge in [-0.3, -0.25) is 4.79 Å². The quantitative estimate of drug-likeness (QED) is 0.409. The van der Waals surface area contributed by atoms with Crippen LogP contribution >= 0.6 is 11.3 Å². The van der Waals surface area contributed by atoms with Gasteiger partial charge < -0.3 is 4.57 Å². The van der Waals surface area contributed by atoms with Crippen LogP contribution in [0, 0.1) is 0 Å². The number of hydrogen-bond acceptors (Lipinski definition) is 3. The molecule has 142 valence electrons. The number of Topliss-reactive ketones (excluding diaryl/α,β-unsaturated/α-hetero) is 1. The Labute approximate surface area is 163 Å². The highest BCUT2D eigenvalue weighted by atomic mass is 32.1. The fourth-order valence-corrected chi connectivity index (χ4v) is 3.91. The molecule has 0 aliphatic carbocycles. The highest BCUT2D eigenvalue weighted by molar-refractivity contribution is 7.09. The fraction of sp³-hybridized carbons (Fsp3) is 0.143. The number of alkyl halides is 3. The molecule has 0 unspecified atom stereocenters. The first-order valence-corrected chi connectivity index (χ1v) is 9.46. The Morgan fingerprint density at radius 3 is 2.57 bits per heavy atom. The summed E-state index contributed by atoms with van der Waals surface area (Å²) in [6, 6.07) is 12.8. The maximum absolute atomic E-state index is 13.3. The number of aromatic nitrogens is 2. The van der Waals surface area contributed by atoms with Crippen molar-refractivity contribution in [2.24, 2.45) is 0 Å². The van der Waals surface area contributed by atoms with Crippen LogP contribution in [0.2, 0.25) is 0 Å². The molecule has 2 heterocycles. The van der Waals surface area contributed by atoms with E-state index in [2.05, 4.69) is 4.98 Å². The standard InChI is InChI=1S/C21H15F3N2OS/c22-21(23,24)17-7-3-1-5-14(17)12-26-13-16(15-6-2-4-8-18(15)26)19(27)11-20-25-9-10-28-20/h1-10,13H,11-12H2. The summed E-state index contributed by atoms with van der Waals surface area (Å²) in [4.78, 5) is 16.9. The molecule has 0 saturated carbocycles. The smallest absolute Gasteiger partial charge is 0.342 e. The van der Waals surface area contributed by atoms with Gasteiger partial charge in [0.25, 0.3) is 0 Å². The van der Waals surface area contributed by atoms with Gasteiger partial charge in [-0.25, -0.2) is 4.98 Å². The molecule has 2 aromatic carbocycles. The molecule has 0 bridgehead atoms. The molecule has 28 heavy (non-hydrogen) atoms. The van der Waals surface area contributed by atoms with E-state index >= 15 is 0 Å². The number of carbonyl (C=O) groups excluding carboxylic acids is 1. The maximum Gasteiger partial charge on any atom is 0.416 e. The Hall–Kier alpha value is -2.93. The number of ketones is 1. The SMILES string of the molecule is O=C(Cc1nccs1)c1cn(Cc2ccccc2C(F)(F)F)c2ccccc12. The minimum absolute atomic E-state index is 0.0285. The number of rotatable bonds is 5. The van der Waals surface area contributed by atoms with Gasteiger partial charge in [0.1, 0.15) is 5.01 Å². The molecular formula is C21H15F3N2OS. The number of thiazole rings is 1. The molecule has 0 saturated heterocycles. The Bertz CT molecular complexity index is 1130. The Kier molecular flexibility index (Phi) is 4.77. The largest absolute Gasteiger partial charge is 0.416 e. The molecule has 2 aromatic heterocycles. The van der Waals surface area contributed by atoms with Gasteiger partial charge in [-0.1, -0.05) is 36.4 Å². The number of fused-ring (bicyclic) bond motifs is 1. The zero-order valence-electron chi connectivity index (χ0n) is 14.6. The summed E-state index contributed by atoms with van der Waals surface area (Å²) in [5.41, 5.74) is 0.718. The van der Waals surface area contributed by atoms with Crippen LogP contribution in [-0.4, -0.2) is 15.3 Å². The number of benzene rings is 2. The lowest BCUT2D eigenvalue weighted by molar-refractivity contribution is -0.138. The van der Waals surface area contributed by atoms with Crippen LogP contribution in [0.5, 0.6) is 0 Å². The molecule has 0 N–H and O–H groups in total. The Morgan fingerprint density at radius 1 is 1.07 bits per heavy atom. The van der Waals surface area contributed by atoms with E-state index in [1.54, 1.807) is 28.4 Å². The third-order valence-corrected chi connectivity index (χ3v) is 5.33. The average Bonchev–Trinajstić information content (AvgIpc) is 3.30. The molecule has 0 atom stereocenters. The van der Waals surface area contributed by atoms with Gasteiger partial charge in [0, 0.05) is 40.8 Å². The van der Waals surface area contributed by atoms with Gasteiger partial charge in [-0.05, 0) is 17.7 Å². The molecule has 7 heteroatoms. The minimum atomic E-state index is -4.43. The van der Waals surface area contributed by atoms with Crippen molar-refractivity contribution in [1.29, 1.82) is 0 Å². The van der Waals surface area contributed by atoms with Crippen LogP contribution in [0.1, 0.15) is 26.5 Å². The first-order valence-electron chi connectivity index (χ1n) is 8.58. The number of halogens is 3. The predicted molar refractivity (Wildman–Crippen MR) is 103 cm³/mol. The van der Waals surface area contributed by atoms with E-state index in [-0.39, 0.29) is 24.3 Å². The van der Waals surface area contributed by atoms with E-state index in [1.165, 1.54) is 23.5 Å². The summed E-state index contributed by atoms with van der Waals surface area (Å²) in [6.07, 6.45) is -0.966. The number of para-hydroxylation sites is 1. The molecule has 3 nitrogen and oxygen atoms in total. The third kappa shape index (κ3) is 3.57. The van der Waals surface area contributed by atoms with Crippen LogP contribution in [0.4, 0.5) is 13.2 Å². The van der Waals surface area contributed by atoms with Gasteiger partial charge in [-0.15, -0.1) is 11.3 Å². The van der Waals surface area contributed by atoms with Gasteiger partial charge in [0.05, 0.1) is 12.0 Å². The van der Waals surface area contributed by atoms with Gasteiger partial charge in [0.2, 0.25) is 0 Å². The second-order valence-electron chi connectivity index (χ2n) is 6.37. The fourth-order valence-electron chi connectivity index (χ4n) is 3.29. The molecule has 0 fully saturated rings. The topological polar surface area (TPSA) is 34.9 Å². The number of carbonyl (C=O) groups is 1. The number of hydrogen-bond donors (Lipinski definition) is 0. The van der Waals surface area contributed by atoms with Crippen molar-refractivity contribution >= 4 is 28.0 Å². The van der Waals surface area contributed by atoms with E-state index in [0.717, 1.165) is 17.0 Å². The lowest BCUT2D eigenvalue weighted by Gasteiger charge is -2.13. The van der Waals surface area contributed by atoms with E-state index in [0.29, 0.717) is 10.6 Å². The molecule has 0 radical (unpaired) electrons. The molecule has 4 aromatic rings. The van der Waals surface area contributed by atoms with Crippen molar-refractivity contribution in [3.63, 3.8) is 0 Å². The van der Waals surface area contributed by atoms with Crippen molar-refractivity contribution in [2.45, 2.75) is 19.1 Å². The highest BCUT2D eigenvalue weighted by Gasteiger charge is 2.33. The molecular weight excluding hydrogens is 385 g/mol. The van der Waals surface area contributed by atoms with E-state index < -0.39 is 11.7 Å². The Morgan fingerprint density at radius 2 is 1.82 bits per heavy atom. The summed E-state index contributed by atoms with van der Waals surface area (Å²) in [6.45, 7) is 0.0285. The van der Waals surface area contributed by atoms with Crippen LogP contribution in [-0.2, 0) is 19.1 Å². The van der Waals surface area contributed by atoms with E-state index in [4.69, 9.17) is 0 Å². The van der Waals surface area contributed by atoms with Gasteiger partial charge >= 0.3 is 6.18 Å². The zero-order valence-corrected chi connectivity index (χ0v) is 15.4. The second kappa shape index (κ2) is 7.24. The van der Waals surface area contributed by atoms with Crippen LogP contribution in [0.15, 0.2) is 66.3 Å². The highest BCUT2D eigenvalue weighted by Crippen LogP contribution is 2.33. The second-order valence-corrected chi connectivity index (χ2v) is 7.35. The van der Waals surface area contributed by atoms with Crippen LogP contribution < -0.4 is 0 Å². The van der Waals surface area contributed by atoms with Crippen molar-refractivity contribution in [1.82, 2.24) is 9.55 Å². The summed E-state index contributed by atoms with van der Waals surface area (Å²) in [7, 11) is 0. The van der Waals surface area contributed by atoms with Crippen LogP contribution in [0.25, 0.3) is 10.9 Å². The number of nitrogens with zero attached hydrogens (tertiary/aromatic N) is 2. The normalized spacial score (nSPS) is 11.8. The Balaban J connectivity index is 1.74. The van der Waals surface area contributed by atoms with Crippen molar-refractivity contribution in [2.75, 3.05) is 0 Å². The molecule has 0 aliphatic heterocycles. The van der Waals surface area contributed by atoms with E-state index in [1.807, 2.05) is 24.3 Å². The minimum Gasteiger partial charge on any atom is -0.342 e. The third-order valence-electron chi connectivity index (χ3n) is 4.55. The summed E-state index contributed by atoms with van der Waals surface area (Å²) in [5, 5.41) is 3.25.